The SMILES string of the molecule is CCN1C[C@H](O)CC1CN(C(C)C)C(C)C. The summed E-state index contributed by atoms with van der Waals surface area (Å²) >= 11 is 0. The molecule has 1 heterocycles. The van der Waals surface area contributed by atoms with Crippen LogP contribution in [0.4, 0.5) is 0 Å². The van der Waals surface area contributed by atoms with Gasteiger partial charge in [0.2, 0.25) is 0 Å². The normalized spacial score (nSPS) is 27.6. The van der Waals surface area contributed by atoms with E-state index < -0.39 is 0 Å². The smallest absolute Gasteiger partial charge is 0.0682 e. The maximum Gasteiger partial charge on any atom is 0.0682 e. The van der Waals surface area contributed by atoms with E-state index in [1.807, 2.05) is 0 Å². The number of rotatable bonds is 5. The molecule has 0 aromatic carbocycles. The second-order valence-corrected chi connectivity index (χ2v) is 5.52. The highest BCUT2D eigenvalue weighted by Gasteiger charge is 2.31. The van der Waals surface area contributed by atoms with Crippen LogP contribution in [-0.2, 0) is 0 Å². The van der Waals surface area contributed by atoms with Gasteiger partial charge in [-0.2, -0.15) is 0 Å². The van der Waals surface area contributed by atoms with Crippen molar-refractivity contribution in [2.24, 2.45) is 0 Å². The predicted molar refractivity (Wildman–Crippen MR) is 68.6 cm³/mol. The molecule has 1 rings (SSSR count). The third-order valence-electron chi connectivity index (χ3n) is 3.66. The number of hydrogen-bond acceptors (Lipinski definition) is 3. The lowest BCUT2D eigenvalue weighted by atomic mass is 10.1. The summed E-state index contributed by atoms with van der Waals surface area (Å²) in [6.45, 7) is 14.2. The number of β-amino-alcohol motifs (C(OH)–C–C–N with tert-alkyl or cyclic N) is 1. The molecule has 1 N–H and O–H groups in total. The van der Waals surface area contributed by atoms with E-state index in [0.717, 1.165) is 26.1 Å². The predicted octanol–water partition coefficient (Wildman–Crippen LogP) is 1.56. The van der Waals surface area contributed by atoms with Gasteiger partial charge in [0.15, 0.2) is 0 Å². The summed E-state index contributed by atoms with van der Waals surface area (Å²) in [5, 5.41) is 9.73. The molecule has 96 valence electrons. The molecule has 0 saturated carbocycles. The first-order chi connectivity index (χ1) is 7.45. The standard InChI is InChI=1S/C13H28N2O/c1-6-14-9-13(16)7-12(14)8-15(10(2)3)11(4)5/h10-13,16H,6-9H2,1-5H3/t12?,13-/m1/s1. The minimum Gasteiger partial charge on any atom is -0.392 e. The number of aliphatic hydroxyl groups is 1. The summed E-state index contributed by atoms with van der Waals surface area (Å²) in [6, 6.07) is 1.69. The number of likely N-dealkylation sites (tertiary alicyclic amines) is 1. The van der Waals surface area contributed by atoms with E-state index in [9.17, 15) is 5.11 Å². The molecular formula is C13H28N2O. The van der Waals surface area contributed by atoms with Gasteiger partial charge in [-0.25, -0.2) is 0 Å². The fourth-order valence-corrected chi connectivity index (χ4v) is 2.80. The topological polar surface area (TPSA) is 26.7 Å². The molecule has 1 saturated heterocycles. The van der Waals surface area contributed by atoms with Crippen LogP contribution in [0, 0.1) is 0 Å². The van der Waals surface area contributed by atoms with E-state index in [4.69, 9.17) is 0 Å². The van der Waals surface area contributed by atoms with Crippen molar-refractivity contribution in [3.63, 3.8) is 0 Å². The van der Waals surface area contributed by atoms with Crippen LogP contribution in [0.1, 0.15) is 41.0 Å². The van der Waals surface area contributed by atoms with Crippen LogP contribution >= 0.6 is 0 Å². The zero-order chi connectivity index (χ0) is 12.3. The van der Waals surface area contributed by atoms with E-state index in [1.54, 1.807) is 0 Å². The minimum absolute atomic E-state index is 0.119. The van der Waals surface area contributed by atoms with E-state index in [-0.39, 0.29) is 6.10 Å². The van der Waals surface area contributed by atoms with Crippen LogP contribution in [0.3, 0.4) is 0 Å². The summed E-state index contributed by atoms with van der Waals surface area (Å²) in [7, 11) is 0. The van der Waals surface area contributed by atoms with Crippen LogP contribution < -0.4 is 0 Å². The first kappa shape index (κ1) is 13.9. The molecule has 1 fully saturated rings. The van der Waals surface area contributed by atoms with Crippen molar-refractivity contribution >= 4 is 0 Å². The van der Waals surface area contributed by atoms with Gasteiger partial charge in [-0.05, 0) is 40.7 Å². The monoisotopic (exact) mass is 228 g/mol. The zero-order valence-electron chi connectivity index (χ0n) is 11.5. The van der Waals surface area contributed by atoms with Gasteiger partial charge in [0.1, 0.15) is 0 Å². The molecule has 0 spiro atoms. The summed E-state index contributed by atoms with van der Waals surface area (Å²) in [5.74, 6) is 0. The van der Waals surface area contributed by atoms with Crippen molar-refractivity contribution in [1.29, 1.82) is 0 Å². The van der Waals surface area contributed by atoms with E-state index in [0.29, 0.717) is 18.1 Å². The molecular weight excluding hydrogens is 200 g/mol. The number of aliphatic hydroxyl groups excluding tert-OH is 1. The van der Waals surface area contributed by atoms with Crippen molar-refractivity contribution in [1.82, 2.24) is 9.80 Å². The van der Waals surface area contributed by atoms with Gasteiger partial charge in [0.25, 0.3) is 0 Å². The molecule has 0 radical (unpaired) electrons. The Kier molecular flexibility index (Phi) is 5.22. The Morgan fingerprint density at radius 3 is 2.25 bits per heavy atom. The Balaban J connectivity index is 2.57. The van der Waals surface area contributed by atoms with Gasteiger partial charge in [-0.3, -0.25) is 9.80 Å². The Morgan fingerprint density at radius 1 is 1.25 bits per heavy atom. The number of nitrogens with zero attached hydrogens (tertiary/aromatic N) is 2. The lowest BCUT2D eigenvalue weighted by Gasteiger charge is -2.35. The zero-order valence-corrected chi connectivity index (χ0v) is 11.5. The van der Waals surface area contributed by atoms with Gasteiger partial charge in [0, 0.05) is 31.2 Å². The minimum atomic E-state index is -0.119. The van der Waals surface area contributed by atoms with Gasteiger partial charge < -0.3 is 5.11 Å². The molecule has 2 atom stereocenters. The Hall–Kier alpha value is -0.120. The fraction of sp³-hybridized carbons (Fsp3) is 1.00. The van der Waals surface area contributed by atoms with Crippen LogP contribution in [0.2, 0.25) is 0 Å². The van der Waals surface area contributed by atoms with E-state index >= 15 is 0 Å². The molecule has 1 aliphatic rings. The summed E-state index contributed by atoms with van der Waals surface area (Å²) in [4.78, 5) is 4.92. The molecule has 3 heteroatoms. The molecule has 1 aliphatic heterocycles. The van der Waals surface area contributed by atoms with Gasteiger partial charge in [-0.15, -0.1) is 0 Å². The highest BCUT2D eigenvalue weighted by Crippen LogP contribution is 2.20. The van der Waals surface area contributed by atoms with Gasteiger partial charge in [0.05, 0.1) is 6.10 Å². The van der Waals surface area contributed by atoms with Crippen LogP contribution in [0.15, 0.2) is 0 Å². The Bertz CT molecular complexity index is 198. The third-order valence-corrected chi connectivity index (χ3v) is 3.66. The highest BCUT2D eigenvalue weighted by atomic mass is 16.3. The van der Waals surface area contributed by atoms with Crippen molar-refractivity contribution in [2.75, 3.05) is 19.6 Å². The van der Waals surface area contributed by atoms with E-state index in [2.05, 4.69) is 44.4 Å². The molecule has 0 aromatic rings. The average molecular weight is 228 g/mol. The first-order valence-corrected chi connectivity index (χ1v) is 6.63. The maximum atomic E-state index is 9.73. The summed E-state index contributed by atoms with van der Waals surface area (Å²) in [6.07, 6.45) is 0.815. The fourth-order valence-electron chi connectivity index (χ4n) is 2.80. The maximum absolute atomic E-state index is 9.73. The average Bonchev–Trinajstić information content (AvgIpc) is 2.54. The Labute approximate surface area is 100 Å². The molecule has 0 bridgehead atoms. The molecule has 16 heavy (non-hydrogen) atoms. The van der Waals surface area contributed by atoms with E-state index in [1.165, 1.54) is 0 Å². The van der Waals surface area contributed by atoms with Crippen LogP contribution in [0.25, 0.3) is 0 Å². The molecule has 1 unspecified atom stereocenters. The van der Waals surface area contributed by atoms with Crippen LogP contribution in [0.5, 0.6) is 0 Å². The molecule has 0 amide bonds. The Morgan fingerprint density at radius 2 is 1.81 bits per heavy atom. The summed E-state index contributed by atoms with van der Waals surface area (Å²) < 4.78 is 0. The third kappa shape index (κ3) is 3.44. The lowest BCUT2D eigenvalue weighted by Crippen LogP contribution is -2.46. The molecule has 3 nitrogen and oxygen atoms in total. The highest BCUT2D eigenvalue weighted by molar-refractivity contribution is 4.87. The van der Waals surface area contributed by atoms with Crippen molar-refractivity contribution in [2.45, 2.75) is 65.3 Å². The largest absolute Gasteiger partial charge is 0.392 e. The molecule has 0 aliphatic carbocycles. The van der Waals surface area contributed by atoms with Crippen LogP contribution in [-0.4, -0.2) is 58.8 Å². The van der Waals surface area contributed by atoms with Gasteiger partial charge >= 0.3 is 0 Å². The lowest BCUT2D eigenvalue weighted by molar-refractivity contribution is 0.121. The van der Waals surface area contributed by atoms with Gasteiger partial charge in [-0.1, -0.05) is 6.92 Å². The number of hydrogen-bond donors (Lipinski definition) is 1. The summed E-state index contributed by atoms with van der Waals surface area (Å²) in [5.41, 5.74) is 0. The quantitative estimate of drug-likeness (QED) is 0.773. The second-order valence-electron chi connectivity index (χ2n) is 5.52. The molecule has 0 aromatic heterocycles. The van der Waals surface area contributed by atoms with Crippen molar-refractivity contribution < 1.29 is 5.11 Å². The second kappa shape index (κ2) is 5.99. The van der Waals surface area contributed by atoms with Crippen molar-refractivity contribution in [3.05, 3.63) is 0 Å². The number of likely N-dealkylation sites (N-methyl/N-ethyl adjacent to an activating group) is 1. The van der Waals surface area contributed by atoms with Crippen molar-refractivity contribution in [3.8, 4) is 0 Å². The first-order valence-electron chi connectivity index (χ1n) is 6.63.